The van der Waals surface area contributed by atoms with Gasteiger partial charge in [-0.3, -0.25) is 4.79 Å². The van der Waals surface area contributed by atoms with E-state index in [2.05, 4.69) is 20.8 Å². The average Bonchev–Trinajstić information content (AvgIpc) is 3.28. The van der Waals surface area contributed by atoms with Crippen molar-refractivity contribution in [1.82, 2.24) is 24.5 Å². The fraction of sp³-hybridized carbons (Fsp3) is 0.364. The number of aromatic nitrogens is 4. The van der Waals surface area contributed by atoms with Gasteiger partial charge in [0.2, 0.25) is 21.1 Å². The van der Waals surface area contributed by atoms with Crippen LogP contribution in [0, 0.1) is 6.92 Å². The highest BCUT2D eigenvalue weighted by molar-refractivity contribution is 8.00. The van der Waals surface area contributed by atoms with Gasteiger partial charge in [0, 0.05) is 18.8 Å². The third kappa shape index (κ3) is 5.26. The Bertz CT molecular complexity index is 1220. The van der Waals surface area contributed by atoms with Crippen molar-refractivity contribution in [2.45, 2.75) is 48.4 Å². The zero-order valence-electron chi connectivity index (χ0n) is 18.5. The lowest BCUT2D eigenvalue weighted by Crippen LogP contribution is -2.35. The molecule has 4 rings (SSSR count). The highest BCUT2D eigenvalue weighted by Crippen LogP contribution is 2.26. The first-order valence-electron chi connectivity index (χ1n) is 10.8. The number of para-hydroxylation sites is 1. The summed E-state index contributed by atoms with van der Waals surface area (Å²) in [7, 11) is -3.50. The van der Waals surface area contributed by atoms with E-state index < -0.39 is 15.3 Å². The quantitative estimate of drug-likeness (QED) is 0.510. The summed E-state index contributed by atoms with van der Waals surface area (Å²) >= 11 is 1.25. The molecule has 11 heteroatoms. The van der Waals surface area contributed by atoms with Crippen molar-refractivity contribution in [3.8, 4) is 5.69 Å². The number of nitrogens with one attached hydrogen (secondary N) is 1. The van der Waals surface area contributed by atoms with Crippen LogP contribution in [-0.4, -0.2) is 57.2 Å². The molecule has 33 heavy (non-hydrogen) atoms. The first kappa shape index (κ1) is 23.4. The summed E-state index contributed by atoms with van der Waals surface area (Å²) in [6, 6.07) is 14.0. The van der Waals surface area contributed by atoms with E-state index in [1.165, 1.54) is 28.2 Å². The molecule has 3 aromatic rings. The van der Waals surface area contributed by atoms with Gasteiger partial charge in [-0.15, -0.1) is 5.10 Å². The highest BCUT2D eigenvalue weighted by Gasteiger charge is 2.26. The summed E-state index contributed by atoms with van der Waals surface area (Å²) in [5.74, 6) is -0.231. The molecular weight excluding hydrogens is 460 g/mol. The number of hydrogen-bond donors (Lipinski definition) is 1. The van der Waals surface area contributed by atoms with Crippen molar-refractivity contribution < 1.29 is 13.2 Å². The molecule has 0 bridgehead atoms. The fourth-order valence-corrected chi connectivity index (χ4v) is 5.94. The van der Waals surface area contributed by atoms with Crippen molar-refractivity contribution in [1.29, 1.82) is 0 Å². The molecule has 1 atom stereocenters. The molecule has 1 saturated heterocycles. The molecule has 0 spiro atoms. The Hall–Kier alpha value is -2.76. The molecule has 1 fully saturated rings. The highest BCUT2D eigenvalue weighted by atomic mass is 32.2. The monoisotopic (exact) mass is 486 g/mol. The van der Waals surface area contributed by atoms with Gasteiger partial charge in [-0.1, -0.05) is 36.4 Å². The summed E-state index contributed by atoms with van der Waals surface area (Å²) in [6.45, 7) is 4.85. The van der Waals surface area contributed by atoms with Gasteiger partial charge >= 0.3 is 0 Å². The van der Waals surface area contributed by atoms with Gasteiger partial charge in [0.05, 0.1) is 15.8 Å². The molecule has 2 aromatic carbocycles. The van der Waals surface area contributed by atoms with Crippen LogP contribution in [0.2, 0.25) is 0 Å². The number of hydrogen-bond acceptors (Lipinski definition) is 7. The maximum Gasteiger partial charge on any atom is 0.243 e. The first-order chi connectivity index (χ1) is 15.9. The van der Waals surface area contributed by atoms with Crippen molar-refractivity contribution >= 4 is 33.4 Å². The molecule has 1 amide bonds. The Labute approximate surface area is 197 Å². The van der Waals surface area contributed by atoms with E-state index >= 15 is 0 Å². The van der Waals surface area contributed by atoms with Crippen molar-refractivity contribution in [3.63, 3.8) is 0 Å². The molecule has 0 unspecified atom stereocenters. The molecule has 1 aromatic heterocycles. The molecular formula is C22H26N6O3S2. The maximum atomic E-state index is 12.8. The van der Waals surface area contributed by atoms with Gasteiger partial charge in [-0.25, -0.2) is 8.42 Å². The summed E-state index contributed by atoms with van der Waals surface area (Å²) in [5, 5.41) is 14.7. The standard InChI is InChI=1S/C22H26N6O3S2/c1-16-8-4-5-9-20(16)28-22(24-25-26-28)32-17(2)21(29)23-18-10-12-19(13-11-18)33(30,31)27-14-6-3-7-15-27/h4-5,8-13,17H,3,6-7,14-15H2,1-2H3,(H,23,29)/t17-/m0/s1. The fourth-order valence-electron chi connectivity index (χ4n) is 3.62. The van der Waals surface area contributed by atoms with Crippen LogP contribution in [0.5, 0.6) is 0 Å². The number of thioether (sulfide) groups is 1. The molecule has 0 radical (unpaired) electrons. The minimum absolute atomic E-state index is 0.231. The summed E-state index contributed by atoms with van der Waals surface area (Å²) in [5.41, 5.74) is 2.40. The normalized spacial score (nSPS) is 15.8. The average molecular weight is 487 g/mol. The van der Waals surface area contributed by atoms with Crippen LogP contribution in [0.25, 0.3) is 5.69 Å². The molecule has 0 saturated carbocycles. The molecule has 174 valence electrons. The second kappa shape index (κ2) is 10.0. The Morgan fingerprint density at radius 1 is 1.06 bits per heavy atom. The predicted molar refractivity (Wildman–Crippen MR) is 127 cm³/mol. The zero-order valence-corrected chi connectivity index (χ0v) is 20.1. The van der Waals surface area contributed by atoms with Crippen LogP contribution in [0.3, 0.4) is 0 Å². The molecule has 1 N–H and O–H groups in total. The number of benzene rings is 2. The number of tetrazole rings is 1. The molecule has 9 nitrogen and oxygen atoms in total. The van der Waals surface area contributed by atoms with Crippen LogP contribution in [0.1, 0.15) is 31.7 Å². The minimum Gasteiger partial charge on any atom is -0.325 e. The van der Waals surface area contributed by atoms with Gasteiger partial charge in [-0.2, -0.15) is 8.99 Å². The number of carbonyl (C=O) groups is 1. The second-order valence-electron chi connectivity index (χ2n) is 7.90. The molecule has 1 aliphatic heterocycles. The van der Waals surface area contributed by atoms with Gasteiger partial charge in [-0.05, 0) is 73.0 Å². The number of aryl methyl sites for hydroxylation is 1. The third-order valence-electron chi connectivity index (χ3n) is 5.51. The van der Waals surface area contributed by atoms with E-state index in [9.17, 15) is 13.2 Å². The summed E-state index contributed by atoms with van der Waals surface area (Å²) < 4.78 is 28.7. The summed E-state index contributed by atoms with van der Waals surface area (Å²) in [4.78, 5) is 13.0. The number of carbonyl (C=O) groups excluding carboxylic acids is 1. The Morgan fingerprint density at radius 3 is 2.45 bits per heavy atom. The first-order valence-corrected chi connectivity index (χ1v) is 13.1. The van der Waals surface area contributed by atoms with Gasteiger partial charge in [0.1, 0.15) is 0 Å². The van der Waals surface area contributed by atoms with E-state index in [-0.39, 0.29) is 10.8 Å². The van der Waals surface area contributed by atoms with Crippen molar-refractivity contribution in [2.24, 2.45) is 0 Å². The van der Waals surface area contributed by atoms with Crippen LogP contribution in [-0.2, 0) is 14.8 Å². The predicted octanol–water partition coefficient (Wildman–Crippen LogP) is 3.26. The van der Waals surface area contributed by atoms with Crippen molar-refractivity contribution in [2.75, 3.05) is 18.4 Å². The van der Waals surface area contributed by atoms with Gasteiger partial charge in [0.25, 0.3) is 0 Å². The van der Waals surface area contributed by atoms with E-state index in [4.69, 9.17) is 0 Å². The van der Waals surface area contributed by atoms with Crippen LogP contribution < -0.4 is 5.32 Å². The molecule has 0 aliphatic carbocycles. The topological polar surface area (TPSA) is 110 Å². The number of nitrogens with zero attached hydrogens (tertiary/aromatic N) is 5. The Kier molecular flexibility index (Phi) is 7.11. The largest absolute Gasteiger partial charge is 0.325 e. The minimum atomic E-state index is -3.50. The van der Waals surface area contributed by atoms with Crippen LogP contribution >= 0.6 is 11.8 Å². The van der Waals surface area contributed by atoms with E-state index in [1.54, 1.807) is 23.7 Å². The summed E-state index contributed by atoms with van der Waals surface area (Å²) in [6.07, 6.45) is 2.83. The van der Waals surface area contributed by atoms with E-state index in [1.807, 2.05) is 31.2 Å². The SMILES string of the molecule is Cc1ccccc1-n1nnnc1S[C@@H](C)C(=O)Nc1ccc(S(=O)(=O)N2CCCCC2)cc1. The lowest BCUT2D eigenvalue weighted by atomic mass is 10.2. The van der Waals surface area contributed by atoms with Crippen LogP contribution in [0.15, 0.2) is 58.6 Å². The lowest BCUT2D eigenvalue weighted by Gasteiger charge is -2.25. The maximum absolute atomic E-state index is 12.8. The van der Waals surface area contributed by atoms with Gasteiger partial charge < -0.3 is 5.32 Å². The number of piperidine rings is 1. The number of amides is 1. The number of sulfonamides is 1. The molecule has 2 heterocycles. The number of rotatable bonds is 7. The Morgan fingerprint density at radius 2 is 1.76 bits per heavy atom. The number of anilines is 1. The van der Waals surface area contributed by atoms with E-state index in [0.29, 0.717) is 23.9 Å². The van der Waals surface area contributed by atoms with E-state index in [0.717, 1.165) is 30.5 Å². The third-order valence-corrected chi connectivity index (χ3v) is 8.46. The smallest absolute Gasteiger partial charge is 0.243 e. The van der Waals surface area contributed by atoms with Crippen molar-refractivity contribution in [3.05, 3.63) is 54.1 Å². The lowest BCUT2D eigenvalue weighted by molar-refractivity contribution is -0.115. The second-order valence-corrected chi connectivity index (χ2v) is 11.1. The van der Waals surface area contributed by atoms with Crippen LogP contribution in [0.4, 0.5) is 5.69 Å². The Balaban J connectivity index is 1.41. The van der Waals surface area contributed by atoms with Gasteiger partial charge in [0.15, 0.2) is 0 Å². The molecule has 1 aliphatic rings. The zero-order chi connectivity index (χ0) is 23.4.